The molecule has 0 aliphatic carbocycles. The van der Waals surface area contributed by atoms with E-state index >= 15 is 0 Å². The van der Waals surface area contributed by atoms with Gasteiger partial charge >= 0.3 is 5.97 Å². The summed E-state index contributed by atoms with van der Waals surface area (Å²) >= 11 is 0. The molecular weight excluding hydrogens is 408 g/mol. The number of methoxy groups -OCH3 is 1. The zero-order chi connectivity index (χ0) is 21.3. The molecule has 0 radical (unpaired) electrons. The fraction of sp³-hybridized carbons (Fsp3) is 0.100. The van der Waals surface area contributed by atoms with Crippen molar-refractivity contribution in [2.24, 2.45) is 0 Å². The Morgan fingerprint density at radius 3 is 2.43 bits per heavy atom. The molecule has 152 valence electrons. The van der Waals surface area contributed by atoms with Crippen LogP contribution in [0.5, 0.6) is 0 Å². The number of rotatable bonds is 5. The van der Waals surface area contributed by atoms with Gasteiger partial charge in [0.25, 0.3) is 10.0 Å². The number of carbonyl (C=O) groups is 1. The first kappa shape index (κ1) is 19.5. The summed E-state index contributed by atoms with van der Waals surface area (Å²) < 4.78 is 36.4. The molecule has 0 unspecified atom stereocenters. The smallest absolute Gasteiger partial charge is 0.344 e. The predicted molar refractivity (Wildman–Crippen MR) is 106 cm³/mol. The minimum Gasteiger partial charge on any atom is -0.465 e. The van der Waals surface area contributed by atoms with Gasteiger partial charge in [-0.2, -0.15) is 8.42 Å². The number of aromatic nitrogens is 4. The highest BCUT2D eigenvalue weighted by molar-refractivity contribution is 7.89. The first-order valence-electron chi connectivity index (χ1n) is 8.80. The van der Waals surface area contributed by atoms with Gasteiger partial charge in [0.2, 0.25) is 5.76 Å². The number of ether oxygens (including phenoxy) is 1. The number of esters is 1. The van der Waals surface area contributed by atoms with Gasteiger partial charge in [-0.15, -0.1) is 10.2 Å². The van der Waals surface area contributed by atoms with Crippen LogP contribution in [-0.2, 0) is 14.8 Å². The van der Waals surface area contributed by atoms with Gasteiger partial charge in [-0.05, 0) is 19.1 Å². The zero-order valence-corrected chi connectivity index (χ0v) is 16.8. The van der Waals surface area contributed by atoms with Crippen LogP contribution in [-0.4, -0.2) is 41.1 Å². The maximum atomic E-state index is 12.8. The molecule has 2 heterocycles. The van der Waals surface area contributed by atoms with E-state index in [-0.39, 0.29) is 27.6 Å². The largest absolute Gasteiger partial charge is 0.465 e. The van der Waals surface area contributed by atoms with E-state index < -0.39 is 16.0 Å². The summed E-state index contributed by atoms with van der Waals surface area (Å²) in [6.07, 6.45) is 1.19. The molecule has 30 heavy (non-hydrogen) atoms. The lowest BCUT2D eigenvalue weighted by Crippen LogP contribution is -2.16. The average Bonchev–Trinajstić information content (AvgIpc) is 3.42. The molecule has 4 aromatic rings. The molecule has 0 bridgehead atoms. The van der Waals surface area contributed by atoms with Gasteiger partial charge in [0.05, 0.1) is 18.2 Å². The SMILES string of the molecule is COC(=O)c1c(-c2ccccc2)noc1-c1cnn(S(=O)(=O)c2ccc(C)cc2)n1. The highest BCUT2D eigenvalue weighted by atomic mass is 32.2. The molecule has 4 rings (SSSR count). The summed E-state index contributed by atoms with van der Waals surface area (Å²) in [5.41, 5.74) is 1.87. The van der Waals surface area contributed by atoms with Crippen LogP contribution in [0.15, 0.2) is 70.2 Å². The van der Waals surface area contributed by atoms with Crippen LogP contribution in [0, 0.1) is 6.92 Å². The quantitative estimate of drug-likeness (QED) is 0.449. The number of hydrogen-bond acceptors (Lipinski definition) is 8. The molecule has 0 aliphatic rings. The minimum atomic E-state index is -4.01. The van der Waals surface area contributed by atoms with Gasteiger partial charge in [-0.3, -0.25) is 0 Å². The van der Waals surface area contributed by atoms with E-state index in [4.69, 9.17) is 9.26 Å². The van der Waals surface area contributed by atoms with Crippen molar-refractivity contribution < 1.29 is 22.5 Å². The zero-order valence-electron chi connectivity index (χ0n) is 16.0. The van der Waals surface area contributed by atoms with E-state index in [1.165, 1.54) is 25.4 Å². The summed E-state index contributed by atoms with van der Waals surface area (Å²) in [5.74, 6) is -0.730. The molecule has 2 aromatic heterocycles. The molecule has 0 saturated heterocycles. The second kappa shape index (κ2) is 7.56. The maximum Gasteiger partial charge on any atom is 0.344 e. The van der Waals surface area contributed by atoms with Crippen molar-refractivity contribution in [3.63, 3.8) is 0 Å². The van der Waals surface area contributed by atoms with Gasteiger partial charge in [0.1, 0.15) is 11.3 Å². The number of benzene rings is 2. The highest BCUT2D eigenvalue weighted by Crippen LogP contribution is 2.32. The van der Waals surface area contributed by atoms with E-state index in [9.17, 15) is 13.2 Å². The third kappa shape index (κ3) is 3.37. The van der Waals surface area contributed by atoms with Crippen molar-refractivity contribution in [2.75, 3.05) is 7.11 Å². The molecule has 0 N–H and O–H groups in total. The third-order valence-corrected chi connectivity index (χ3v) is 5.84. The minimum absolute atomic E-state index is 0.0285. The lowest BCUT2D eigenvalue weighted by molar-refractivity contribution is 0.0602. The Bertz CT molecular complexity index is 1310. The fourth-order valence-corrected chi connectivity index (χ4v) is 3.86. The summed E-state index contributed by atoms with van der Waals surface area (Å²) in [5, 5.41) is 11.8. The Hall–Kier alpha value is -3.79. The van der Waals surface area contributed by atoms with Crippen molar-refractivity contribution in [2.45, 2.75) is 11.8 Å². The number of hydrogen-bond donors (Lipinski definition) is 0. The van der Waals surface area contributed by atoms with E-state index in [2.05, 4.69) is 15.4 Å². The van der Waals surface area contributed by atoms with E-state index in [1.807, 2.05) is 13.0 Å². The number of carbonyl (C=O) groups excluding carboxylic acids is 1. The Morgan fingerprint density at radius 2 is 1.77 bits per heavy atom. The van der Waals surface area contributed by atoms with Crippen LogP contribution in [0.4, 0.5) is 0 Å². The second-order valence-corrected chi connectivity index (χ2v) is 8.11. The molecule has 0 aliphatic heterocycles. The van der Waals surface area contributed by atoms with E-state index in [0.717, 1.165) is 5.56 Å². The van der Waals surface area contributed by atoms with Crippen molar-refractivity contribution in [3.05, 3.63) is 71.9 Å². The van der Waals surface area contributed by atoms with Crippen LogP contribution in [0.3, 0.4) is 0 Å². The van der Waals surface area contributed by atoms with Crippen LogP contribution in [0.2, 0.25) is 0 Å². The first-order valence-corrected chi connectivity index (χ1v) is 10.2. The topological polar surface area (TPSA) is 117 Å². The van der Waals surface area contributed by atoms with Crippen LogP contribution in [0.1, 0.15) is 15.9 Å². The standard InChI is InChI=1S/C20H16N4O5S/c1-13-8-10-15(11-9-13)30(26,27)24-21-12-16(22-24)19-17(20(25)28-2)18(23-29-19)14-6-4-3-5-7-14/h3-12H,1-2H3. The Labute approximate surface area is 171 Å². The lowest BCUT2D eigenvalue weighted by Gasteiger charge is -2.03. The van der Waals surface area contributed by atoms with Crippen molar-refractivity contribution in [3.8, 4) is 22.7 Å². The highest BCUT2D eigenvalue weighted by Gasteiger charge is 2.29. The fourth-order valence-electron chi connectivity index (χ4n) is 2.82. The lowest BCUT2D eigenvalue weighted by atomic mass is 10.1. The van der Waals surface area contributed by atoms with Crippen LogP contribution in [0.25, 0.3) is 22.7 Å². The monoisotopic (exact) mass is 424 g/mol. The second-order valence-electron chi connectivity index (χ2n) is 6.36. The van der Waals surface area contributed by atoms with E-state index in [0.29, 0.717) is 9.77 Å². The van der Waals surface area contributed by atoms with Gasteiger partial charge < -0.3 is 9.26 Å². The van der Waals surface area contributed by atoms with Gasteiger partial charge in [0, 0.05) is 5.56 Å². The van der Waals surface area contributed by atoms with E-state index in [1.54, 1.807) is 36.4 Å². The molecule has 0 saturated carbocycles. The van der Waals surface area contributed by atoms with Gasteiger partial charge in [-0.25, -0.2) is 4.79 Å². The Balaban J connectivity index is 1.79. The first-order chi connectivity index (χ1) is 14.4. The molecule has 0 fully saturated rings. The van der Waals surface area contributed by atoms with Crippen molar-refractivity contribution in [1.82, 2.24) is 19.6 Å². The normalized spacial score (nSPS) is 11.4. The summed E-state index contributed by atoms with van der Waals surface area (Å²) in [4.78, 5) is 12.5. The molecule has 2 aromatic carbocycles. The van der Waals surface area contributed by atoms with Gasteiger partial charge in [-0.1, -0.05) is 57.4 Å². The summed E-state index contributed by atoms with van der Waals surface area (Å²) in [6, 6.07) is 15.2. The Morgan fingerprint density at radius 1 is 1.07 bits per heavy atom. The molecule has 9 nitrogen and oxygen atoms in total. The number of aryl methyl sites for hydroxylation is 1. The molecule has 10 heteroatoms. The number of nitrogens with zero attached hydrogens (tertiary/aromatic N) is 4. The van der Waals surface area contributed by atoms with Crippen LogP contribution >= 0.6 is 0 Å². The summed E-state index contributed by atoms with van der Waals surface area (Å²) in [7, 11) is -2.78. The Kier molecular flexibility index (Phi) is 4.92. The molecule has 0 amide bonds. The van der Waals surface area contributed by atoms with Crippen molar-refractivity contribution in [1.29, 1.82) is 0 Å². The molecular formula is C20H16N4O5S. The van der Waals surface area contributed by atoms with Crippen molar-refractivity contribution >= 4 is 16.0 Å². The molecule has 0 atom stereocenters. The maximum absolute atomic E-state index is 12.8. The van der Waals surface area contributed by atoms with Gasteiger partial charge in [0.15, 0.2) is 5.69 Å². The van der Waals surface area contributed by atoms with Crippen LogP contribution < -0.4 is 0 Å². The average molecular weight is 424 g/mol. The predicted octanol–water partition coefficient (Wildman–Crippen LogP) is 2.93. The summed E-state index contributed by atoms with van der Waals surface area (Å²) in [6.45, 7) is 1.85. The molecule has 0 spiro atoms. The third-order valence-electron chi connectivity index (χ3n) is 4.37.